The molecule has 1 heterocycles. The maximum absolute atomic E-state index is 3.57. The van der Waals surface area contributed by atoms with Gasteiger partial charge in [0, 0.05) is 26.3 Å². The van der Waals surface area contributed by atoms with Crippen molar-refractivity contribution in [3.8, 4) is 0 Å². The van der Waals surface area contributed by atoms with E-state index in [9.17, 15) is 0 Å². The molecule has 1 N–H and O–H groups in total. The van der Waals surface area contributed by atoms with Crippen molar-refractivity contribution in [2.45, 2.75) is 43.7 Å². The van der Waals surface area contributed by atoms with Crippen molar-refractivity contribution in [3.63, 3.8) is 0 Å². The molecule has 1 fully saturated rings. The molecule has 0 saturated heterocycles. The molecule has 1 aliphatic rings. The van der Waals surface area contributed by atoms with E-state index < -0.39 is 0 Å². The lowest BCUT2D eigenvalue weighted by atomic mass is 9.84. The first-order valence-electron chi connectivity index (χ1n) is 6.66. The van der Waals surface area contributed by atoms with Crippen LogP contribution in [0.2, 0.25) is 0 Å². The van der Waals surface area contributed by atoms with Crippen molar-refractivity contribution in [3.05, 3.63) is 20.8 Å². The van der Waals surface area contributed by atoms with E-state index in [1.807, 2.05) is 11.3 Å². The second-order valence-electron chi connectivity index (χ2n) is 5.48. The fraction of sp³-hybridized carbons (Fsp3) is 0.714. The zero-order chi connectivity index (χ0) is 13.2. The largest absolute Gasteiger partial charge is 0.315 e. The number of hydrogen-bond acceptors (Lipinski definition) is 3. The molecule has 0 aliphatic heterocycles. The maximum Gasteiger partial charge on any atom is 0.0359 e. The first-order valence-corrected chi connectivity index (χ1v) is 8.33. The van der Waals surface area contributed by atoms with Gasteiger partial charge in [-0.2, -0.15) is 0 Å². The molecule has 4 heteroatoms. The van der Waals surface area contributed by atoms with Gasteiger partial charge in [0.05, 0.1) is 0 Å². The summed E-state index contributed by atoms with van der Waals surface area (Å²) in [7, 11) is 6.58. The zero-order valence-corrected chi connectivity index (χ0v) is 13.9. The Hall–Kier alpha value is 0.1000. The van der Waals surface area contributed by atoms with Crippen LogP contribution in [0, 0.1) is 0 Å². The van der Waals surface area contributed by atoms with E-state index in [1.54, 1.807) is 0 Å². The number of likely N-dealkylation sites (N-methyl/N-ethyl adjacent to an activating group) is 2. The monoisotopic (exact) mass is 330 g/mol. The Labute approximate surface area is 123 Å². The summed E-state index contributed by atoms with van der Waals surface area (Å²) in [5, 5.41) is 5.75. The van der Waals surface area contributed by atoms with Crippen molar-refractivity contribution in [2.75, 3.05) is 21.1 Å². The van der Waals surface area contributed by atoms with Crippen LogP contribution in [0.3, 0.4) is 0 Å². The molecule has 1 aromatic rings. The molecule has 1 saturated carbocycles. The molecule has 1 atom stereocenters. The van der Waals surface area contributed by atoms with Gasteiger partial charge in [0.15, 0.2) is 0 Å². The first-order chi connectivity index (χ1) is 8.58. The second-order valence-corrected chi connectivity index (χ2v) is 7.39. The van der Waals surface area contributed by atoms with Crippen LogP contribution in [0.5, 0.6) is 0 Å². The van der Waals surface area contributed by atoms with E-state index in [2.05, 4.69) is 58.7 Å². The molecule has 2 rings (SSSR count). The van der Waals surface area contributed by atoms with Gasteiger partial charge in [0.2, 0.25) is 0 Å². The number of thiophene rings is 1. The normalized spacial score (nSPS) is 20.5. The number of halogens is 1. The molecular formula is C14H23BrN2S. The molecule has 0 spiro atoms. The van der Waals surface area contributed by atoms with E-state index in [0.717, 1.165) is 6.42 Å². The third-order valence-electron chi connectivity index (χ3n) is 4.38. The van der Waals surface area contributed by atoms with Crippen LogP contribution >= 0.6 is 27.3 Å². The van der Waals surface area contributed by atoms with Crippen LogP contribution < -0.4 is 5.32 Å². The Morgan fingerprint density at radius 2 is 2.11 bits per heavy atom. The molecular weight excluding hydrogens is 308 g/mol. The van der Waals surface area contributed by atoms with Gasteiger partial charge < -0.3 is 10.2 Å². The summed E-state index contributed by atoms with van der Waals surface area (Å²) in [5.41, 5.74) is 0.339. The van der Waals surface area contributed by atoms with Crippen molar-refractivity contribution in [2.24, 2.45) is 0 Å². The lowest BCUT2D eigenvalue weighted by molar-refractivity contribution is 0.109. The molecule has 2 nitrogen and oxygen atoms in total. The van der Waals surface area contributed by atoms with Crippen LogP contribution in [0.4, 0.5) is 0 Å². The van der Waals surface area contributed by atoms with E-state index in [0.29, 0.717) is 11.6 Å². The highest BCUT2D eigenvalue weighted by atomic mass is 79.9. The van der Waals surface area contributed by atoms with Crippen LogP contribution in [0.25, 0.3) is 0 Å². The van der Waals surface area contributed by atoms with Gasteiger partial charge in [-0.25, -0.2) is 0 Å². The molecule has 1 unspecified atom stereocenters. The van der Waals surface area contributed by atoms with Gasteiger partial charge >= 0.3 is 0 Å². The molecule has 18 heavy (non-hydrogen) atoms. The van der Waals surface area contributed by atoms with Gasteiger partial charge in [0.1, 0.15) is 0 Å². The minimum absolute atomic E-state index is 0.339. The van der Waals surface area contributed by atoms with Crippen molar-refractivity contribution < 1.29 is 0 Å². The third kappa shape index (κ3) is 2.82. The Bertz CT molecular complexity index is 383. The molecule has 0 aromatic carbocycles. The van der Waals surface area contributed by atoms with Gasteiger partial charge in [-0.05, 0) is 62.4 Å². The smallest absolute Gasteiger partial charge is 0.0359 e. The van der Waals surface area contributed by atoms with Crippen LogP contribution in [0.1, 0.15) is 30.6 Å². The summed E-state index contributed by atoms with van der Waals surface area (Å²) in [4.78, 5) is 3.92. The predicted molar refractivity (Wildman–Crippen MR) is 83.5 cm³/mol. The highest BCUT2D eigenvalue weighted by Gasteiger charge is 2.42. The highest BCUT2D eigenvalue weighted by Crippen LogP contribution is 2.38. The average molecular weight is 331 g/mol. The zero-order valence-electron chi connectivity index (χ0n) is 11.5. The van der Waals surface area contributed by atoms with Crippen molar-refractivity contribution >= 4 is 27.3 Å². The van der Waals surface area contributed by atoms with Gasteiger partial charge in [-0.1, -0.05) is 12.8 Å². The van der Waals surface area contributed by atoms with E-state index >= 15 is 0 Å². The Morgan fingerprint density at radius 1 is 1.44 bits per heavy atom. The summed E-state index contributed by atoms with van der Waals surface area (Å²) < 4.78 is 1.21. The second kappa shape index (κ2) is 6.04. The highest BCUT2D eigenvalue weighted by molar-refractivity contribution is 9.10. The lowest BCUT2D eigenvalue weighted by Gasteiger charge is -2.43. The van der Waals surface area contributed by atoms with Gasteiger partial charge in [-0.15, -0.1) is 11.3 Å². The number of rotatable bonds is 5. The third-order valence-corrected chi connectivity index (χ3v) is 6.10. The Kier molecular flexibility index (Phi) is 4.86. The molecule has 0 radical (unpaired) electrons. The number of nitrogens with one attached hydrogen (secondary N) is 1. The minimum atomic E-state index is 0.339. The van der Waals surface area contributed by atoms with Gasteiger partial charge in [0.25, 0.3) is 0 Å². The number of nitrogens with zero attached hydrogens (tertiary/aromatic N) is 1. The molecule has 0 amide bonds. The quantitative estimate of drug-likeness (QED) is 0.888. The molecule has 1 aliphatic carbocycles. The van der Waals surface area contributed by atoms with E-state index in [4.69, 9.17) is 0 Å². The van der Waals surface area contributed by atoms with Crippen molar-refractivity contribution in [1.82, 2.24) is 10.2 Å². The number of hydrogen-bond donors (Lipinski definition) is 1. The molecule has 0 bridgehead atoms. The molecule has 102 valence electrons. The van der Waals surface area contributed by atoms with Crippen LogP contribution in [-0.4, -0.2) is 37.6 Å². The van der Waals surface area contributed by atoms with E-state index in [-0.39, 0.29) is 0 Å². The Morgan fingerprint density at radius 3 is 2.56 bits per heavy atom. The average Bonchev–Trinajstić information content (AvgIpc) is 2.95. The van der Waals surface area contributed by atoms with Crippen LogP contribution in [0.15, 0.2) is 15.9 Å². The lowest BCUT2D eigenvalue weighted by Crippen LogP contribution is -2.57. The maximum atomic E-state index is 3.57. The Balaban J connectivity index is 2.16. The predicted octanol–water partition coefficient (Wildman–Crippen LogP) is 3.52. The standard InChI is InChI=1S/C14H23BrN2S/c1-16-13(9-12-8-11(15)10-18-12)14(17(2)3)6-4-5-7-14/h8,10,13,16H,4-7,9H2,1-3H3. The summed E-state index contributed by atoms with van der Waals surface area (Å²) >= 11 is 5.41. The fourth-order valence-corrected chi connectivity index (χ4v) is 4.82. The molecule has 1 aromatic heterocycles. The van der Waals surface area contributed by atoms with Crippen molar-refractivity contribution in [1.29, 1.82) is 0 Å². The minimum Gasteiger partial charge on any atom is -0.315 e. The summed E-state index contributed by atoms with van der Waals surface area (Å²) in [6, 6.07) is 2.80. The SMILES string of the molecule is CNC(Cc1cc(Br)cs1)C1(N(C)C)CCCC1. The summed E-state index contributed by atoms with van der Waals surface area (Å²) in [5.74, 6) is 0. The summed E-state index contributed by atoms with van der Waals surface area (Å²) in [6.07, 6.45) is 6.50. The topological polar surface area (TPSA) is 15.3 Å². The first kappa shape index (κ1) is 14.5. The van der Waals surface area contributed by atoms with Crippen LogP contribution in [-0.2, 0) is 6.42 Å². The fourth-order valence-electron chi connectivity index (χ4n) is 3.32. The van der Waals surface area contributed by atoms with E-state index in [1.165, 1.54) is 35.0 Å². The summed E-state index contributed by atoms with van der Waals surface area (Å²) in [6.45, 7) is 0. The van der Waals surface area contributed by atoms with Gasteiger partial charge in [-0.3, -0.25) is 0 Å².